The number of aromatic nitrogens is 1. The van der Waals surface area contributed by atoms with E-state index in [1.54, 1.807) is 16.4 Å². The molecule has 2 saturated heterocycles. The standard InChI is InChI=1S/C14H22N4O2S/c1-17-12-3-4-13(17)10-18(7-6-12)21(19,20)14-5-2-11(8-15)16-9-14/h2,5,9,12-13H,3-4,6-8,10,15H2,1H3. The number of likely N-dealkylation sites (N-methyl/N-ethyl adjacent to an activating group) is 1. The van der Waals surface area contributed by atoms with Gasteiger partial charge in [0.15, 0.2) is 0 Å². The van der Waals surface area contributed by atoms with Gasteiger partial charge in [0.2, 0.25) is 10.0 Å². The number of fused-ring (bicyclic) bond motifs is 2. The molecule has 3 heterocycles. The lowest BCUT2D eigenvalue weighted by atomic mass is 10.1. The zero-order valence-electron chi connectivity index (χ0n) is 12.3. The molecule has 7 heteroatoms. The van der Waals surface area contributed by atoms with Crippen molar-refractivity contribution in [2.24, 2.45) is 5.73 Å². The summed E-state index contributed by atoms with van der Waals surface area (Å²) in [4.78, 5) is 6.71. The number of nitrogens with two attached hydrogens (primary N) is 1. The molecule has 1 aromatic heterocycles. The van der Waals surface area contributed by atoms with Gasteiger partial charge >= 0.3 is 0 Å². The summed E-state index contributed by atoms with van der Waals surface area (Å²) in [5.41, 5.74) is 6.20. The Balaban J connectivity index is 1.84. The molecule has 2 aliphatic heterocycles. The molecule has 1 aromatic rings. The molecule has 6 nitrogen and oxygen atoms in total. The average molecular weight is 310 g/mol. The average Bonchev–Trinajstić information content (AvgIpc) is 2.71. The van der Waals surface area contributed by atoms with E-state index in [4.69, 9.17) is 5.73 Å². The van der Waals surface area contributed by atoms with Gasteiger partial charge in [0, 0.05) is 37.9 Å². The Labute approximate surface area is 126 Å². The zero-order valence-corrected chi connectivity index (χ0v) is 13.1. The van der Waals surface area contributed by atoms with Crippen molar-refractivity contribution in [3.05, 3.63) is 24.0 Å². The molecule has 2 atom stereocenters. The summed E-state index contributed by atoms with van der Waals surface area (Å²) >= 11 is 0. The van der Waals surface area contributed by atoms with Crippen LogP contribution in [0.3, 0.4) is 0 Å². The molecule has 0 aliphatic carbocycles. The summed E-state index contributed by atoms with van der Waals surface area (Å²) in [6.07, 6.45) is 4.59. The van der Waals surface area contributed by atoms with Gasteiger partial charge < -0.3 is 5.73 Å². The largest absolute Gasteiger partial charge is 0.325 e. The molecule has 21 heavy (non-hydrogen) atoms. The first-order chi connectivity index (χ1) is 10.0. The molecule has 2 unspecified atom stereocenters. The quantitative estimate of drug-likeness (QED) is 0.874. The van der Waals surface area contributed by atoms with E-state index < -0.39 is 10.0 Å². The minimum absolute atomic E-state index is 0.264. The van der Waals surface area contributed by atoms with Crippen molar-refractivity contribution in [3.63, 3.8) is 0 Å². The normalized spacial score (nSPS) is 27.7. The van der Waals surface area contributed by atoms with Gasteiger partial charge in [0.25, 0.3) is 0 Å². The fraction of sp³-hybridized carbons (Fsp3) is 0.643. The number of hydrogen-bond donors (Lipinski definition) is 1. The molecule has 0 amide bonds. The van der Waals surface area contributed by atoms with Gasteiger partial charge in [-0.05, 0) is 38.4 Å². The first kappa shape index (κ1) is 14.9. The third kappa shape index (κ3) is 2.70. The summed E-state index contributed by atoms with van der Waals surface area (Å²) in [7, 11) is -1.35. The van der Waals surface area contributed by atoms with E-state index >= 15 is 0 Å². The highest BCUT2D eigenvalue weighted by Crippen LogP contribution is 2.30. The van der Waals surface area contributed by atoms with Crippen molar-refractivity contribution in [2.75, 3.05) is 20.1 Å². The molecule has 2 aliphatic rings. The Hall–Kier alpha value is -1.02. The first-order valence-corrected chi connectivity index (χ1v) is 8.83. The number of hydrogen-bond acceptors (Lipinski definition) is 5. The summed E-state index contributed by atoms with van der Waals surface area (Å²) in [5.74, 6) is 0. The highest BCUT2D eigenvalue weighted by Gasteiger charge is 2.38. The van der Waals surface area contributed by atoms with Crippen LogP contribution in [-0.4, -0.2) is 54.8 Å². The van der Waals surface area contributed by atoms with E-state index in [9.17, 15) is 8.42 Å². The van der Waals surface area contributed by atoms with Crippen LogP contribution in [0.15, 0.2) is 23.2 Å². The molecular formula is C14H22N4O2S. The number of nitrogens with zero attached hydrogens (tertiary/aromatic N) is 3. The van der Waals surface area contributed by atoms with Crippen molar-refractivity contribution in [2.45, 2.75) is 42.8 Å². The lowest BCUT2D eigenvalue weighted by molar-refractivity contribution is 0.246. The Morgan fingerprint density at radius 2 is 2.05 bits per heavy atom. The van der Waals surface area contributed by atoms with Crippen LogP contribution in [0.4, 0.5) is 0 Å². The minimum Gasteiger partial charge on any atom is -0.325 e. The van der Waals surface area contributed by atoms with Gasteiger partial charge in [-0.2, -0.15) is 4.31 Å². The SMILES string of the molecule is CN1C2CCC1CN(S(=O)(=O)c1ccc(CN)nc1)CC2. The molecule has 0 aromatic carbocycles. The molecule has 2 N–H and O–H groups in total. The third-order valence-corrected chi connectivity index (χ3v) is 6.60. The summed E-state index contributed by atoms with van der Waals surface area (Å²) in [6.45, 7) is 1.49. The summed E-state index contributed by atoms with van der Waals surface area (Å²) in [6, 6.07) is 4.15. The van der Waals surface area contributed by atoms with Crippen LogP contribution in [0.5, 0.6) is 0 Å². The van der Waals surface area contributed by atoms with Crippen molar-refractivity contribution < 1.29 is 8.42 Å². The van der Waals surface area contributed by atoms with Crippen molar-refractivity contribution in [3.8, 4) is 0 Å². The maximum Gasteiger partial charge on any atom is 0.244 e. The molecule has 2 fully saturated rings. The van der Waals surface area contributed by atoms with Crippen molar-refractivity contribution in [1.29, 1.82) is 0 Å². The van der Waals surface area contributed by atoms with Crippen LogP contribution >= 0.6 is 0 Å². The van der Waals surface area contributed by atoms with E-state index in [2.05, 4.69) is 16.9 Å². The van der Waals surface area contributed by atoms with Gasteiger partial charge in [-0.15, -0.1) is 0 Å². The maximum absolute atomic E-state index is 12.8. The molecule has 3 rings (SSSR count). The zero-order chi connectivity index (χ0) is 15.0. The predicted octanol–water partition coefficient (Wildman–Crippen LogP) is 0.398. The third-order valence-electron chi connectivity index (χ3n) is 4.76. The summed E-state index contributed by atoms with van der Waals surface area (Å²) in [5, 5.41) is 0. The van der Waals surface area contributed by atoms with Crippen molar-refractivity contribution >= 4 is 10.0 Å². The van der Waals surface area contributed by atoms with E-state index in [0.717, 1.165) is 12.8 Å². The fourth-order valence-electron chi connectivity index (χ4n) is 3.33. The lowest BCUT2D eigenvalue weighted by Gasteiger charge is -2.25. The van der Waals surface area contributed by atoms with Gasteiger partial charge in [-0.1, -0.05) is 0 Å². The smallest absolute Gasteiger partial charge is 0.244 e. The van der Waals surface area contributed by atoms with E-state index in [0.29, 0.717) is 37.4 Å². The topological polar surface area (TPSA) is 79.5 Å². The fourth-order valence-corrected chi connectivity index (χ4v) is 4.77. The minimum atomic E-state index is -3.45. The molecular weight excluding hydrogens is 288 g/mol. The highest BCUT2D eigenvalue weighted by atomic mass is 32.2. The Morgan fingerprint density at radius 1 is 1.29 bits per heavy atom. The molecule has 2 bridgehead atoms. The van der Waals surface area contributed by atoms with E-state index in [1.165, 1.54) is 12.6 Å². The predicted molar refractivity (Wildman–Crippen MR) is 80.1 cm³/mol. The van der Waals surface area contributed by atoms with Crippen molar-refractivity contribution in [1.82, 2.24) is 14.2 Å². The van der Waals surface area contributed by atoms with Crippen LogP contribution in [0.2, 0.25) is 0 Å². The molecule has 0 spiro atoms. The molecule has 116 valence electrons. The molecule has 0 radical (unpaired) electrons. The van der Waals surface area contributed by atoms with Crippen LogP contribution < -0.4 is 5.73 Å². The highest BCUT2D eigenvalue weighted by molar-refractivity contribution is 7.89. The second kappa shape index (κ2) is 5.64. The van der Waals surface area contributed by atoms with Gasteiger partial charge in [-0.25, -0.2) is 8.42 Å². The lowest BCUT2D eigenvalue weighted by Crippen LogP contribution is -2.39. The number of sulfonamides is 1. The Kier molecular flexibility index (Phi) is 4.00. The van der Waals surface area contributed by atoms with Crippen LogP contribution in [0, 0.1) is 0 Å². The van der Waals surface area contributed by atoms with Gasteiger partial charge in [-0.3, -0.25) is 9.88 Å². The van der Waals surface area contributed by atoms with Gasteiger partial charge in [0.05, 0.1) is 5.69 Å². The van der Waals surface area contributed by atoms with Crippen LogP contribution in [-0.2, 0) is 16.6 Å². The monoisotopic (exact) mass is 310 g/mol. The Morgan fingerprint density at radius 3 is 2.71 bits per heavy atom. The second-order valence-corrected chi connectivity index (χ2v) is 7.83. The van der Waals surface area contributed by atoms with Gasteiger partial charge in [0.1, 0.15) is 4.90 Å². The summed E-state index contributed by atoms with van der Waals surface area (Å²) < 4.78 is 27.1. The van der Waals surface area contributed by atoms with E-state index in [-0.39, 0.29) is 4.90 Å². The van der Waals surface area contributed by atoms with Crippen LogP contribution in [0.25, 0.3) is 0 Å². The Bertz CT molecular complexity index is 602. The van der Waals surface area contributed by atoms with Crippen LogP contribution in [0.1, 0.15) is 25.0 Å². The molecule has 0 saturated carbocycles. The second-order valence-electron chi connectivity index (χ2n) is 5.89. The first-order valence-electron chi connectivity index (χ1n) is 7.39. The number of pyridine rings is 1. The number of rotatable bonds is 3. The van der Waals surface area contributed by atoms with E-state index in [1.807, 2.05) is 0 Å². The maximum atomic E-state index is 12.8.